The lowest BCUT2D eigenvalue weighted by Gasteiger charge is -2.18. The molecule has 0 saturated heterocycles. The van der Waals surface area contributed by atoms with Crippen molar-refractivity contribution in [3.05, 3.63) is 29.8 Å². The normalized spacial score (nSPS) is 15.9. The maximum Gasteiger partial charge on any atom is 0.261 e. The van der Waals surface area contributed by atoms with E-state index in [0.717, 1.165) is 12.8 Å². The Balaban J connectivity index is 1.91. The molecule has 4 nitrogen and oxygen atoms in total. The second-order valence-electron chi connectivity index (χ2n) is 5.32. The molecule has 0 aliphatic heterocycles. The number of rotatable bonds is 3. The summed E-state index contributed by atoms with van der Waals surface area (Å²) in [5.41, 5.74) is 0.491. The fourth-order valence-corrected chi connectivity index (χ4v) is 2.91. The number of hydrogen-bond acceptors (Lipinski definition) is 3. The SMILES string of the molecule is COc1ccccc1C(=O)NC(=S)NC1CCCCCC1. The first-order chi connectivity index (χ1) is 10.2. The Morgan fingerprint density at radius 1 is 1.19 bits per heavy atom. The average Bonchev–Trinajstić information content (AvgIpc) is 2.75. The second kappa shape index (κ2) is 7.98. The van der Waals surface area contributed by atoms with Gasteiger partial charge in [-0.25, -0.2) is 0 Å². The Kier molecular flexibility index (Phi) is 5.99. The van der Waals surface area contributed by atoms with Gasteiger partial charge in [-0.05, 0) is 37.2 Å². The fraction of sp³-hybridized carbons (Fsp3) is 0.500. The third-order valence-corrected chi connectivity index (χ3v) is 3.99. The third kappa shape index (κ3) is 4.70. The van der Waals surface area contributed by atoms with Crippen LogP contribution in [0.25, 0.3) is 0 Å². The first-order valence-electron chi connectivity index (χ1n) is 7.45. The highest BCUT2D eigenvalue weighted by molar-refractivity contribution is 7.80. The Morgan fingerprint density at radius 3 is 2.52 bits per heavy atom. The number of amides is 1. The van der Waals surface area contributed by atoms with E-state index in [1.54, 1.807) is 25.3 Å². The van der Waals surface area contributed by atoms with Gasteiger partial charge in [-0.1, -0.05) is 37.8 Å². The molecule has 0 heterocycles. The van der Waals surface area contributed by atoms with Gasteiger partial charge in [0.2, 0.25) is 0 Å². The minimum Gasteiger partial charge on any atom is -0.496 e. The van der Waals surface area contributed by atoms with Crippen LogP contribution in [-0.2, 0) is 0 Å². The van der Waals surface area contributed by atoms with Crippen LogP contribution in [0.1, 0.15) is 48.9 Å². The predicted molar refractivity (Wildman–Crippen MR) is 87.7 cm³/mol. The minimum atomic E-state index is -0.237. The van der Waals surface area contributed by atoms with Crippen LogP contribution in [0.2, 0.25) is 0 Å². The molecular formula is C16H22N2O2S. The lowest BCUT2D eigenvalue weighted by molar-refractivity contribution is 0.0973. The Bertz CT molecular complexity index is 497. The van der Waals surface area contributed by atoms with Gasteiger partial charge in [0.15, 0.2) is 5.11 Å². The van der Waals surface area contributed by atoms with Crippen LogP contribution in [-0.4, -0.2) is 24.2 Å². The van der Waals surface area contributed by atoms with Gasteiger partial charge < -0.3 is 10.1 Å². The van der Waals surface area contributed by atoms with E-state index in [9.17, 15) is 4.79 Å². The molecule has 0 spiro atoms. The summed E-state index contributed by atoms with van der Waals surface area (Å²) in [4.78, 5) is 12.2. The Morgan fingerprint density at radius 2 is 1.86 bits per heavy atom. The average molecular weight is 306 g/mol. The summed E-state index contributed by atoms with van der Waals surface area (Å²) in [6.45, 7) is 0. The number of ether oxygens (including phenoxy) is 1. The number of methoxy groups -OCH3 is 1. The number of hydrogen-bond donors (Lipinski definition) is 2. The zero-order chi connectivity index (χ0) is 15.1. The molecule has 0 aromatic heterocycles. The molecule has 0 bridgehead atoms. The summed E-state index contributed by atoms with van der Waals surface area (Å²) in [5.74, 6) is 0.311. The topological polar surface area (TPSA) is 50.4 Å². The summed E-state index contributed by atoms with van der Waals surface area (Å²) >= 11 is 5.25. The molecule has 1 amide bonds. The van der Waals surface area contributed by atoms with Crippen molar-refractivity contribution in [1.29, 1.82) is 0 Å². The van der Waals surface area contributed by atoms with E-state index < -0.39 is 0 Å². The van der Waals surface area contributed by atoms with E-state index in [1.807, 2.05) is 6.07 Å². The van der Waals surface area contributed by atoms with Crippen molar-refractivity contribution in [2.75, 3.05) is 7.11 Å². The van der Waals surface area contributed by atoms with E-state index in [0.29, 0.717) is 22.5 Å². The summed E-state index contributed by atoms with van der Waals surface area (Å²) in [6.07, 6.45) is 7.26. The molecule has 1 saturated carbocycles. The van der Waals surface area contributed by atoms with Crippen LogP contribution >= 0.6 is 12.2 Å². The lowest BCUT2D eigenvalue weighted by atomic mass is 10.1. The Labute approximate surface area is 131 Å². The Hall–Kier alpha value is -1.62. The zero-order valence-corrected chi connectivity index (χ0v) is 13.2. The molecule has 2 rings (SSSR count). The summed E-state index contributed by atoms with van der Waals surface area (Å²) in [7, 11) is 1.55. The van der Waals surface area contributed by atoms with Crippen molar-refractivity contribution in [3.63, 3.8) is 0 Å². The van der Waals surface area contributed by atoms with Crippen molar-refractivity contribution in [3.8, 4) is 5.75 Å². The molecule has 1 aromatic carbocycles. The van der Waals surface area contributed by atoms with E-state index >= 15 is 0 Å². The molecule has 1 aliphatic carbocycles. The molecule has 0 unspecified atom stereocenters. The highest BCUT2D eigenvalue weighted by Gasteiger charge is 2.16. The monoisotopic (exact) mass is 306 g/mol. The molecular weight excluding hydrogens is 284 g/mol. The lowest BCUT2D eigenvalue weighted by Crippen LogP contribution is -2.44. The molecule has 1 aromatic rings. The van der Waals surface area contributed by atoms with E-state index in [4.69, 9.17) is 17.0 Å². The molecule has 21 heavy (non-hydrogen) atoms. The van der Waals surface area contributed by atoms with Crippen LogP contribution in [0.15, 0.2) is 24.3 Å². The summed E-state index contributed by atoms with van der Waals surface area (Å²) in [5, 5.41) is 6.40. The van der Waals surface area contributed by atoms with Crippen molar-refractivity contribution in [2.24, 2.45) is 0 Å². The van der Waals surface area contributed by atoms with Crippen molar-refractivity contribution >= 4 is 23.2 Å². The number of carbonyl (C=O) groups is 1. The van der Waals surface area contributed by atoms with Gasteiger partial charge in [0.1, 0.15) is 5.75 Å². The highest BCUT2D eigenvalue weighted by Crippen LogP contribution is 2.18. The molecule has 0 atom stereocenters. The number of para-hydroxylation sites is 1. The first kappa shape index (κ1) is 15.8. The van der Waals surface area contributed by atoms with Gasteiger partial charge in [0.25, 0.3) is 5.91 Å². The third-order valence-electron chi connectivity index (χ3n) is 3.77. The van der Waals surface area contributed by atoms with Crippen LogP contribution in [0.3, 0.4) is 0 Å². The maximum atomic E-state index is 12.2. The molecule has 0 radical (unpaired) electrons. The minimum absolute atomic E-state index is 0.237. The van der Waals surface area contributed by atoms with E-state index in [-0.39, 0.29) is 5.91 Å². The van der Waals surface area contributed by atoms with E-state index in [1.165, 1.54) is 25.7 Å². The van der Waals surface area contributed by atoms with Crippen molar-refractivity contribution in [2.45, 2.75) is 44.6 Å². The van der Waals surface area contributed by atoms with Crippen LogP contribution in [0, 0.1) is 0 Å². The molecule has 114 valence electrons. The number of carbonyl (C=O) groups excluding carboxylic acids is 1. The van der Waals surface area contributed by atoms with Gasteiger partial charge in [-0.3, -0.25) is 10.1 Å². The molecule has 1 fully saturated rings. The number of thiocarbonyl (C=S) groups is 1. The zero-order valence-electron chi connectivity index (χ0n) is 12.4. The van der Waals surface area contributed by atoms with Gasteiger partial charge >= 0.3 is 0 Å². The fourth-order valence-electron chi connectivity index (χ4n) is 2.65. The molecule has 5 heteroatoms. The van der Waals surface area contributed by atoms with Crippen molar-refractivity contribution < 1.29 is 9.53 Å². The van der Waals surface area contributed by atoms with Gasteiger partial charge in [0, 0.05) is 6.04 Å². The van der Waals surface area contributed by atoms with Gasteiger partial charge in [0.05, 0.1) is 12.7 Å². The molecule has 2 N–H and O–H groups in total. The highest BCUT2D eigenvalue weighted by atomic mass is 32.1. The summed E-state index contributed by atoms with van der Waals surface area (Å²) in [6, 6.07) is 7.49. The maximum absolute atomic E-state index is 12.2. The van der Waals surface area contributed by atoms with E-state index in [2.05, 4.69) is 10.6 Å². The predicted octanol–water partition coefficient (Wildman–Crippen LogP) is 3.02. The number of nitrogens with one attached hydrogen (secondary N) is 2. The summed E-state index contributed by atoms with van der Waals surface area (Å²) < 4.78 is 5.19. The van der Waals surface area contributed by atoms with Crippen LogP contribution in [0.4, 0.5) is 0 Å². The smallest absolute Gasteiger partial charge is 0.261 e. The van der Waals surface area contributed by atoms with Crippen molar-refractivity contribution in [1.82, 2.24) is 10.6 Å². The molecule has 1 aliphatic rings. The quantitative estimate of drug-likeness (QED) is 0.666. The van der Waals surface area contributed by atoms with Crippen LogP contribution in [0.5, 0.6) is 5.75 Å². The van der Waals surface area contributed by atoms with Crippen LogP contribution < -0.4 is 15.4 Å². The largest absolute Gasteiger partial charge is 0.496 e. The standard InChI is InChI=1S/C16H22N2O2S/c1-20-14-11-7-6-10-13(14)15(19)18-16(21)17-12-8-4-2-3-5-9-12/h6-7,10-12H,2-5,8-9H2,1H3,(H2,17,18,19,21). The number of benzene rings is 1. The van der Waals surface area contributed by atoms with Gasteiger partial charge in [-0.15, -0.1) is 0 Å². The van der Waals surface area contributed by atoms with Gasteiger partial charge in [-0.2, -0.15) is 0 Å². The first-order valence-corrected chi connectivity index (χ1v) is 7.86. The second-order valence-corrected chi connectivity index (χ2v) is 5.72.